The molecule has 1 atom stereocenters. The average molecular weight is 370 g/mol. The van der Waals surface area contributed by atoms with Gasteiger partial charge in [-0.3, -0.25) is 14.8 Å². The monoisotopic (exact) mass is 370 g/mol. The van der Waals surface area contributed by atoms with Crippen LogP contribution in [-0.4, -0.2) is 78.9 Å². The number of aromatic nitrogens is 1. The molecule has 3 heterocycles. The van der Waals surface area contributed by atoms with Crippen LogP contribution in [-0.2, 0) is 0 Å². The van der Waals surface area contributed by atoms with Crippen LogP contribution in [0.2, 0.25) is 0 Å². The number of piperazine rings is 1. The molecule has 146 valence electrons. The number of hydrogen-bond acceptors (Lipinski definition) is 6. The van der Waals surface area contributed by atoms with Crippen molar-refractivity contribution in [2.24, 2.45) is 0 Å². The zero-order valence-corrected chi connectivity index (χ0v) is 16.1. The second-order valence-corrected chi connectivity index (χ2v) is 7.62. The third kappa shape index (κ3) is 4.24. The molecule has 1 unspecified atom stereocenters. The van der Waals surface area contributed by atoms with E-state index in [0.717, 1.165) is 67.5 Å². The summed E-state index contributed by atoms with van der Waals surface area (Å²) in [6.07, 6.45) is 3.72. The molecule has 1 aromatic heterocycles. The van der Waals surface area contributed by atoms with Crippen molar-refractivity contribution in [2.75, 3.05) is 52.9 Å². The smallest absolute Gasteiger partial charge is 0.137 e. The van der Waals surface area contributed by atoms with Crippen LogP contribution in [0.25, 0.3) is 10.9 Å². The lowest BCUT2D eigenvalue weighted by molar-refractivity contribution is 0.0495. The van der Waals surface area contributed by atoms with E-state index in [2.05, 4.69) is 20.1 Å². The van der Waals surface area contributed by atoms with E-state index in [1.807, 2.05) is 24.3 Å². The Bertz CT molecular complexity index is 755. The summed E-state index contributed by atoms with van der Waals surface area (Å²) < 4.78 is 5.31. The Morgan fingerprint density at radius 3 is 2.74 bits per heavy atom. The fourth-order valence-electron chi connectivity index (χ4n) is 4.38. The van der Waals surface area contributed by atoms with E-state index >= 15 is 0 Å². The van der Waals surface area contributed by atoms with Crippen molar-refractivity contribution in [1.29, 1.82) is 0 Å². The largest absolute Gasteiger partial charge is 0.495 e. The quantitative estimate of drug-likeness (QED) is 0.835. The van der Waals surface area contributed by atoms with Gasteiger partial charge in [0.1, 0.15) is 5.75 Å². The van der Waals surface area contributed by atoms with Crippen LogP contribution in [0, 0.1) is 0 Å². The van der Waals surface area contributed by atoms with Crippen LogP contribution in [0.4, 0.5) is 0 Å². The summed E-state index contributed by atoms with van der Waals surface area (Å²) >= 11 is 0. The summed E-state index contributed by atoms with van der Waals surface area (Å²) in [7, 11) is 1.64. The molecule has 2 saturated heterocycles. The van der Waals surface area contributed by atoms with Crippen LogP contribution >= 0.6 is 0 Å². The second-order valence-electron chi connectivity index (χ2n) is 7.62. The zero-order valence-electron chi connectivity index (χ0n) is 16.1. The summed E-state index contributed by atoms with van der Waals surface area (Å²) in [6, 6.07) is 8.64. The summed E-state index contributed by atoms with van der Waals surface area (Å²) in [5.41, 5.74) is 1.82. The Balaban J connectivity index is 1.39. The van der Waals surface area contributed by atoms with E-state index in [1.165, 1.54) is 12.8 Å². The van der Waals surface area contributed by atoms with Crippen LogP contribution in [0.15, 0.2) is 30.5 Å². The van der Waals surface area contributed by atoms with Gasteiger partial charge < -0.3 is 15.2 Å². The first-order valence-corrected chi connectivity index (χ1v) is 10.0. The first kappa shape index (κ1) is 18.6. The van der Waals surface area contributed by atoms with Crippen molar-refractivity contribution in [3.63, 3.8) is 0 Å². The maximum Gasteiger partial charge on any atom is 0.137 e. The molecule has 2 aromatic rings. The van der Waals surface area contributed by atoms with E-state index < -0.39 is 6.10 Å². The molecule has 4 rings (SSSR count). The minimum Gasteiger partial charge on any atom is -0.495 e. The molecule has 0 saturated carbocycles. The Hall–Kier alpha value is -1.73. The van der Waals surface area contributed by atoms with Crippen molar-refractivity contribution in [2.45, 2.75) is 25.0 Å². The van der Waals surface area contributed by atoms with E-state index in [4.69, 9.17) is 4.74 Å². The molecule has 0 spiro atoms. The number of ether oxygens (including phenoxy) is 1. The number of hydrogen-bond donors (Lipinski definition) is 2. The number of rotatable bonds is 5. The number of fused-ring (bicyclic) bond motifs is 1. The first-order valence-electron chi connectivity index (χ1n) is 10.0. The molecule has 2 aliphatic rings. The highest BCUT2D eigenvalue weighted by molar-refractivity contribution is 5.83. The predicted molar refractivity (Wildman–Crippen MR) is 107 cm³/mol. The van der Waals surface area contributed by atoms with E-state index in [0.29, 0.717) is 6.54 Å². The standard InChI is InChI=1S/C21H30N4O2/c1-27-17-13-19-18(3-2-4-20(19)23-14-17)21(26)15-24-9-11-25(12-10-24)16-5-7-22-8-6-16/h2-4,13-14,16,21-22,26H,5-12,15H2,1H3. The number of nitrogens with one attached hydrogen (secondary N) is 1. The minimum absolute atomic E-state index is 0.520. The van der Waals surface area contributed by atoms with Gasteiger partial charge in [-0.1, -0.05) is 12.1 Å². The number of pyridine rings is 1. The van der Waals surface area contributed by atoms with Crippen molar-refractivity contribution in [3.8, 4) is 5.75 Å². The third-order valence-electron chi connectivity index (χ3n) is 5.99. The third-order valence-corrected chi connectivity index (χ3v) is 5.99. The van der Waals surface area contributed by atoms with Crippen molar-refractivity contribution < 1.29 is 9.84 Å². The number of piperidine rings is 1. The summed E-state index contributed by atoms with van der Waals surface area (Å²) in [4.78, 5) is 9.46. The molecule has 6 nitrogen and oxygen atoms in total. The molecule has 0 bridgehead atoms. The predicted octanol–water partition coefficient (Wildman–Crippen LogP) is 1.65. The molecular weight excluding hydrogens is 340 g/mol. The fraction of sp³-hybridized carbons (Fsp3) is 0.571. The van der Waals surface area contributed by atoms with Crippen LogP contribution < -0.4 is 10.1 Å². The summed E-state index contributed by atoms with van der Waals surface area (Å²) in [5.74, 6) is 0.720. The SMILES string of the molecule is COc1cnc2cccc(C(O)CN3CCN(C4CCNCC4)CC3)c2c1. The molecule has 0 amide bonds. The number of nitrogens with zero attached hydrogens (tertiary/aromatic N) is 3. The van der Waals surface area contributed by atoms with E-state index in [-0.39, 0.29) is 0 Å². The Morgan fingerprint density at radius 1 is 1.22 bits per heavy atom. The Morgan fingerprint density at radius 2 is 2.00 bits per heavy atom. The Labute approximate surface area is 161 Å². The van der Waals surface area contributed by atoms with Gasteiger partial charge in [0, 0.05) is 44.2 Å². The molecule has 6 heteroatoms. The van der Waals surface area contributed by atoms with Crippen molar-refractivity contribution in [3.05, 3.63) is 36.0 Å². The summed E-state index contributed by atoms with van der Waals surface area (Å²) in [5, 5.41) is 15.3. The molecule has 0 aliphatic carbocycles. The highest BCUT2D eigenvalue weighted by atomic mass is 16.5. The lowest BCUT2D eigenvalue weighted by Crippen LogP contribution is -2.53. The number of β-amino-alcohol motifs (C(OH)–C–C–N with tert-alkyl or cyclic N) is 1. The van der Waals surface area contributed by atoms with Crippen LogP contribution in [0.3, 0.4) is 0 Å². The molecule has 2 aliphatic heterocycles. The van der Waals surface area contributed by atoms with Gasteiger partial charge >= 0.3 is 0 Å². The van der Waals surface area contributed by atoms with Gasteiger partial charge in [-0.15, -0.1) is 0 Å². The lowest BCUT2D eigenvalue weighted by Gasteiger charge is -2.41. The molecule has 27 heavy (non-hydrogen) atoms. The molecule has 0 radical (unpaired) electrons. The lowest BCUT2D eigenvalue weighted by atomic mass is 10.0. The Kier molecular flexibility index (Phi) is 5.88. The van der Waals surface area contributed by atoms with Crippen molar-refractivity contribution >= 4 is 10.9 Å². The van der Waals surface area contributed by atoms with Gasteiger partial charge in [0.2, 0.25) is 0 Å². The first-order chi connectivity index (χ1) is 13.2. The highest BCUT2D eigenvalue weighted by Gasteiger charge is 2.26. The number of aliphatic hydroxyl groups is 1. The van der Waals surface area contributed by atoms with Gasteiger partial charge in [-0.05, 0) is 43.6 Å². The van der Waals surface area contributed by atoms with Gasteiger partial charge in [0.25, 0.3) is 0 Å². The number of benzene rings is 1. The highest BCUT2D eigenvalue weighted by Crippen LogP contribution is 2.27. The number of methoxy groups -OCH3 is 1. The van der Waals surface area contributed by atoms with Gasteiger partial charge in [0.15, 0.2) is 0 Å². The maximum absolute atomic E-state index is 10.9. The van der Waals surface area contributed by atoms with E-state index in [1.54, 1.807) is 13.3 Å². The number of aliphatic hydroxyl groups excluding tert-OH is 1. The van der Waals surface area contributed by atoms with Gasteiger partial charge in [-0.25, -0.2) is 0 Å². The maximum atomic E-state index is 10.9. The van der Waals surface area contributed by atoms with Crippen LogP contribution in [0.5, 0.6) is 5.75 Å². The van der Waals surface area contributed by atoms with Gasteiger partial charge in [0.05, 0.1) is 24.9 Å². The topological polar surface area (TPSA) is 60.9 Å². The van der Waals surface area contributed by atoms with Gasteiger partial charge in [-0.2, -0.15) is 0 Å². The minimum atomic E-state index is -0.520. The second kappa shape index (κ2) is 8.52. The molecule has 1 aromatic carbocycles. The normalized spacial score (nSPS) is 21.4. The fourth-order valence-corrected chi connectivity index (χ4v) is 4.38. The molecule has 2 fully saturated rings. The zero-order chi connectivity index (χ0) is 18.6. The van der Waals surface area contributed by atoms with E-state index in [9.17, 15) is 5.11 Å². The average Bonchev–Trinajstić information content (AvgIpc) is 2.74. The van der Waals surface area contributed by atoms with Crippen molar-refractivity contribution in [1.82, 2.24) is 20.1 Å². The molecular formula is C21H30N4O2. The van der Waals surface area contributed by atoms with Crippen LogP contribution in [0.1, 0.15) is 24.5 Å². The molecule has 2 N–H and O–H groups in total. The summed E-state index contributed by atoms with van der Waals surface area (Å²) in [6.45, 7) is 7.19.